The van der Waals surface area contributed by atoms with Gasteiger partial charge in [0.15, 0.2) is 0 Å². The summed E-state index contributed by atoms with van der Waals surface area (Å²) in [6.45, 7) is 2.92. The van der Waals surface area contributed by atoms with Crippen molar-refractivity contribution in [2.24, 2.45) is 0 Å². The van der Waals surface area contributed by atoms with Crippen LogP contribution in [0.4, 0.5) is 0 Å². The van der Waals surface area contributed by atoms with Gasteiger partial charge in [-0.25, -0.2) is 0 Å². The molecule has 0 saturated carbocycles. The van der Waals surface area contributed by atoms with Crippen LogP contribution in [-0.4, -0.2) is 30.0 Å². The Morgan fingerprint density at radius 3 is 3.11 bits per heavy atom. The molecule has 5 heteroatoms. The van der Waals surface area contributed by atoms with E-state index in [1.54, 1.807) is 0 Å². The molecule has 1 aromatic carbocycles. The van der Waals surface area contributed by atoms with E-state index in [0.29, 0.717) is 0 Å². The Morgan fingerprint density at radius 2 is 2.44 bits per heavy atom. The van der Waals surface area contributed by atoms with E-state index in [-0.39, 0.29) is 18.0 Å². The molecule has 2 N–H and O–H groups in total. The van der Waals surface area contributed by atoms with Crippen LogP contribution in [0.5, 0.6) is 0 Å². The topological polar surface area (TPSA) is 41.1 Å². The van der Waals surface area contributed by atoms with Crippen molar-refractivity contribution < 1.29 is 4.79 Å². The highest BCUT2D eigenvalue weighted by Crippen LogP contribution is 2.18. The van der Waals surface area contributed by atoms with Gasteiger partial charge in [0.25, 0.3) is 0 Å². The lowest BCUT2D eigenvalue weighted by Gasteiger charge is -2.24. The minimum atomic E-state index is -0.0571. The minimum absolute atomic E-state index is 0.0312. The zero-order valence-electron chi connectivity index (χ0n) is 10.3. The Hall–Kier alpha value is -0.520. The Kier molecular flexibility index (Phi) is 5.09. The second kappa shape index (κ2) is 6.59. The first-order valence-corrected chi connectivity index (χ1v) is 7.98. The number of hydrogen-bond donors (Lipinski definition) is 2. The van der Waals surface area contributed by atoms with E-state index in [2.05, 4.69) is 26.6 Å². The first kappa shape index (κ1) is 13.9. The normalized spacial score (nSPS) is 21.3. The first-order valence-electron chi connectivity index (χ1n) is 6.04. The van der Waals surface area contributed by atoms with E-state index >= 15 is 0 Å². The average Bonchev–Trinajstić information content (AvgIpc) is 2.39. The molecule has 0 bridgehead atoms. The molecule has 1 aliphatic rings. The van der Waals surface area contributed by atoms with Gasteiger partial charge in [0.2, 0.25) is 5.91 Å². The Morgan fingerprint density at radius 1 is 1.61 bits per heavy atom. The van der Waals surface area contributed by atoms with E-state index in [4.69, 9.17) is 0 Å². The van der Waals surface area contributed by atoms with Crippen molar-refractivity contribution in [3.63, 3.8) is 0 Å². The summed E-state index contributed by atoms with van der Waals surface area (Å²) in [5.74, 6) is 2.04. The summed E-state index contributed by atoms with van der Waals surface area (Å²) in [4.78, 5) is 12.1. The van der Waals surface area contributed by atoms with Crippen molar-refractivity contribution in [3.8, 4) is 0 Å². The van der Waals surface area contributed by atoms with Crippen LogP contribution >= 0.6 is 27.7 Å². The number of benzene rings is 1. The lowest BCUT2D eigenvalue weighted by Crippen LogP contribution is -2.49. The third kappa shape index (κ3) is 3.73. The number of amides is 1. The van der Waals surface area contributed by atoms with E-state index in [1.807, 2.05) is 43.0 Å². The number of nitrogens with one attached hydrogen (secondary N) is 2. The largest absolute Gasteiger partial charge is 0.348 e. The van der Waals surface area contributed by atoms with Crippen LogP contribution in [-0.2, 0) is 4.79 Å². The summed E-state index contributed by atoms with van der Waals surface area (Å²) in [5, 5.41) is 6.30. The van der Waals surface area contributed by atoms with Crippen LogP contribution in [0.2, 0.25) is 0 Å². The van der Waals surface area contributed by atoms with E-state index < -0.39 is 0 Å². The molecule has 1 amide bonds. The third-order valence-corrected chi connectivity index (χ3v) is 4.50. The molecule has 3 nitrogen and oxygen atoms in total. The lowest BCUT2D eigenvalue weighted by atomic mass is 10.1. The molecule has 0 aliphatic carbocycles. The maximum atomic E-state index is 12.1. The fraction of sp³-hybridized carbons (Fsp3) is 0.462. The number of hydrogen-bond acceptors (Lipinski definition) is 3. The molecule has 98 valence electrons. The summed E-state index contributed by atoms with van der Waals surface area (Å²) < 4.78 is 1.03. The standard InChI is InChI=1S/C13H17BrN2OS/c1-9(10-3-2-4-11(14)7-10)16-13(17)12-8-18-6-5-15-12/h2-4,7,9,12,15H,5-6,8H2,1H3,(H,16,17)/t9-,12?/m0/s1. The predicted molar refractivity (Wildman–Crippen MR) is 79.8 cm³/mol. The Bertz CT molecular complexity index is 421. The van der Waals surface area contributed by atoms with Gasteiger partial charge >= 0.3 is 0 Å². The molecule has 1 saturated heterocycles. The van der Waals surface area contributed by atoms with Gasteiger partial charge in [-0.3, -0.25) is 4.79 Å². The van der Waals surface area contributed by atoms with Crippen LogP contribution in [0, 0.1) is 0 Å². The highest BCUT2D eigenvalue weighted by atomic mass is 79.9. The second-order valence-electron chi connectivity index (χ2n) is 4.37. The fourth-order valence-electron chi connectivity index (χ4n) is 1.91. The van der Waals surface area contributed by atoms with Crippen molar-refractivity contribution in [2.75, 3.05) is 18.1 Å². The smallest absolute Gasteiger partial charge is 0.238 e. The zero-order chi connectivity index (χ0) is 13.0. The van der Waals surface area contributed by atoms with Crippen molar-refractivity contribution >= 4 is 33.6 Å². The van der Waals surface area contributed by atoms with Gasteiger partial charge < -0.3 is 10.6 Å². The van der Waals surface area contributed by atoms with Crippen LogP contribution in [0.25, 0.3) is 0 Å². The molecule has 0 aromatic heterocycles. The number of halogens is 1. The summed E-state index contributed by atoms with van der Waals surface area (Å²) in [6.07, 6.45) is 0. The number of carbonyl (C=O) groups is 1. The quantitative estimate of drug-likeness (QED) is 0.894. The van der Waals surface area contributed by atoms with E-state index in [1.165, 1.54) is 0 Å². The number of rotatable bonds is 3. The predicted octanol–water partition coefficient (Wildman–Crippen LogP) is 2.33. The molecule has 0 radical (unpaired) electrons. The van der Waals surface area contributed by atoms with Gasteiger partial charge in [-0.1, -0.05) is 28.1 Å². The molecule has 2 atom stereocenters. The lowest BCUT2D eigenvalue weighted by molar-refractivity contribution is -0.123. The van der Waals surface area contributed by atoms with Gasteiger partial charge in [-0.15, -0.1) is 0 Å². The highest BCUT2D eigenvalue weighted by molar-refractivity contribution is 9.10. The number of carbonyl (C=O) groups excluding carboxylic acids is 1. The minimum Gasteiger partial charge on any atom is -0.348 e. The van der Waals surface area contributed by atoms with Gasteiger partial charge in [0.1, 0.15) is 0 Å². The van der Waals surface area contributed by atoms with Crippen LogP contribution < -0.4 is 10.6 Å². The van der Waals surface area contributed by atoms with Crippen LogP contribution in [0.3, 0.4) is 0 Å². The molecule has 1 unspecified atom stereocenters. The van der Waals surface area contributed by atoms with E-state index in [9.17, 15) is 4.79 Å². The van der Waals surface area contributed by atoms with Gasteiger partial charge in [0, 0.05) is 22.5 Å². The number of thioether (sulfide) groups is 1. The SMILES string of the molecule is C[C@H](NC(=O)C1CSCCN1)c1cccc(Br)c1. The maximum Gasteiger partial charge on any atom is 0.238 e. The molecule has 1 heterocycles. The maximum absolute atomic E-state index is 12.1. The molecular weight excluding hydrogens is 312 g/mol. The molecule has 1 aromatic rings. The average molecular weight is 329 g/mol. The first-order chi connectivity index (χ1) is 8.66. The summed E-state index contributed by atoms with van der Waals surface area (Å²) in [6, 6.07) is 8.00. The third-order valence-electron chi connectivity index (χ3n) is 2.95. The highest BCUT2D eigenvalue weighted by Gasteiger charge is 2.22. The van der Waals surface area contributed by atoms with Crippen LogP contribution in [0.15, 0.2) is 28.7 Å². The van der Waals surface area contributed by atoms with Gasteiger partial charge in [0.05, 0.1) is 12.1 Å². The van der Waals surface area contributed by atoms with E-state index in [0.717, 1.165) is 28.1 Å². The fourth-order valence-corrected chi connectivity index (χ4v) is 3.26. The van der Waals surface area contributed by atoms with Crippen molar-refractivity contribution in [1.29, 1.82) is 0 Å². The summed E-state index contributed by atoms with van der Waals surface area (Å²) >= 11 is 5.27. The molecular formula is C13H17BrN2OS. The van der Waals surface area contributed by atoms with Gasteiger partial charge in [-0.2, -0.15) is 11.8 Å². The molecule has 0 spiro atoms. The van der Waals surface area contributed by atoms with Crippen molar-refractivity contribution in [1.82, 2.24) is 10.6 Å². The summed E-state index contributed by atoms with van der Waals surface area (Å²) in [7, 11) is 0. The molecule has 1 fully saturated rings. The molecule has 18 heavy (non-hydrogen) atoms. The Labute approximate surface area is 120 Å². The Balaban J connectivity index is 1.94. The van der Waals surface area contributed by atoms with Crippen LogP contribution in [0.1, 0.15) is 18.5 Å². The molecule has 1 aliphatic heterocycles. The van der Waals surface area contributed by atoms with Crippen molar-refractivity contribution in [3.05, 3.63) is 34.3 Å². The monoisotopic (exact) mass is 328 g/mol. The second-order valence-corrected chi connectivity index (χ2v) is 6.43. The van der Waals surface area contributed by atoms with Gasteiger partial charge in [-0.05, 0) is 24.6 Å². The van der Waals surface area contributed by atoms with Crippen molar-refractivity contribution in [2.45, 2.75) is 19.0 Å². The molecule has 2 rings (SSSR count). The zero-order valence-corrected chi connectivity index (χ0v) is 12.7. The summed E-state index contributed by atoms with van der Waals surface area (Å²) in [5.41, 5.74) is 1.11.